The van der Waals surface area contributed by atoms with Gasteiger partial charge in [-0.1, -0.05) is 67.6 Å². The van der Waals surface area contributed by atoms with Crippen molar-refractivity contribution < 1.29 is 19.1 Å². The number of carbonyl (C=O) groups excluding carboxylic acids is 2. The summed E-state index contributed by atoms with van der Waals surface area (Å²) in [4.78, 5) is 25.2. The van der Waals surface area contributed by atoms with Gasteiger partial charge >= 0.3 is 0 Å². The second kappa shape index (κ2) is 10.8. The summed E-state index contributed by atoms with van der Waals surface area (Å²) in [5.41, 5.74) is 7.16. The van der Waals surface area contributed by atoms with Gasteiger partial charge in [-0.2, -0.15) is 0 Å². The summed E-state index contributed by atoms with van der Waals surface area (Å²) in [7, 11) is 0. The largest absolute Gasteiger partial charge is 0.488 e. The molecule has 160 valence electrons. The molecule has 0 unspecified atom stereocenters. The van der Waals surface area contributed by atoms with Crippen LogP contribution < -0.4 is 20.3 Å². The number of nitrogens with one attached hydrogen (secondary N) is 2. The second-order valence-electron chi connectivity index (χ2n) is 6.99. The molecule has 0 aliphatic rings. The highest BCUT2D eigenvalue weighted by atomic mass is 16.5. The number of rotatable bonds is 8. The number of aryl methyl sites for hydroxylation is 1. The van der Waals surface area contributed by atoms with Gasteiger partial charge in [0.25, 0.3) is 11.8 Å². The van der Waals surface area contributed by atoms with E-state index in [1.807, 2.05) is 68.4 Å². The zero-order chi connectivity index (χ0) is 22.1. The van der Waals surface area contributed by atoms with Crippen LogP contribution in [0.4, 0.5) is 0 Å². The maximum Gasteiger partial charge on any atom is 0.279 e. The van der Waals surface area contributed by atoms with Crippen molar-refractivity contribution in [3.8, 4) is 11.5 Å². The molecule has 1 atom stereocenters. The summed E-state index contributed by atoms with van der Waals surface area (Å²) >= 11 is 0. The van der Waals surface area contributed by atoms with E-state index < -0.39 is 17.9 Å². The molecule has 0 bridgehead atoms. The van der Waals surface area contributed by atoms with Crippen molar-refractivity contribution >= 4 is 11.8 Å². The lowest BCUT2D eigenvalue weighted by Gasteiger charge is -2.19. The molecule has 3 rings (SSSR count). The van der Waals surface area contributed by atoms with Crippen LogP contribution in [0.3, 0.4) is 0 Å². The number of hydrogen-bond acceptors (Lipinski definition) is 4. The van der Waals surface area contributed by atoms with E-state index >= 15 is 0 Å². The van der Waals surface area contributed by atoms with Gasteiger partial charge in [-0.25, -0.2) is 0 Å². The first kappa shape index (κ1) is 21.9. The highest BCUT2D eigenvalue weighted by Crippen LogP contribution is 2.20. The highest BCUT2D eigenvalue weighted by molar-refractivity contribution is 5.98. The highest BCUT2D eigenvalue weighted by Gasteiger charge is 2.20. The predicted molar refractivity (Wildman–Crippen MR) is 119 cm³/mol. The minimum Gasteiger partial charge on any atom is -0.488 e. The van der Waals surface area contributed by atoms with Crippen LogP contribution in [0.25, 0.3) is 0 Å². The van der Waals surface area contributed by atoms with Gasteiger partial charge in [-0.05, 0) is 42.7 Å². The maximum atomic E-state index is 12.7. The van der Waals surface area contributed by atoms with Crippen molar-refractivity contribution in [2.75, 3.05) is 0 Å². The van der Waals surface area contributed by atoms with Gasteiger partial charge in [0.1, 0.15) is 18.1 Å². The Morgan fingerprint density at radius 1 is 0.839 bits per heavy atom. The molecule has 0 fully saturated rings. The lowest BCUT2D eigenvalue weighted by molar-refractivity contribution is -0.128. The van der Waals surface area contributed by atoms with Gasteiger partial charge in [-0.3, -0.25) is 20.4 Å². The van der Waals surface area contributed by atoms with E-state index in [1.54, 1.807) is 24.3 Å². The summed E-state index contributed by atoms with van der Waals surface area (Å²) in [5.74, 6) is 0.168. The van der Waals surface area contributed by atoms with Gasteiger partial charge in [0, 0.05) is 0 Å². The van der Waals surface area contributed by atoms with E-state index in [-0.39, 0.29) is 0 Å². The monoisotopic (exact) mass is 418 g/mol. The third-order valence-corrected chi connectivity index (χ3v) is 4.69. The lowest BCUT2D eigenvalue weighted by atomic mass is 10.2. The Labute approximate surface area is 182 Å². The normalized spacial score (nSPS) is 11.3. The predicted octanol–water partition coefficient (Wildman–Crippen LogP) is 4.19. The molecule has 0 saturated carbocycles. The first-order valence-corrected chi connectivity index (χ1v) is 10.2. The van der Waals surface area contributed by atoms with Gasteiger partial charge in [-0.15, -0.1) is 0 Å². The van der Waals surface area contributed by atoms with Crippen LogP contribution in [0.2, 0.25) is 0 Å². The Bertz CT molecular complexity index is 1020. The number of hydrazine groups is 1. The number of para-hydroxylation sites is 2. The van der Waals surface area contributed by atoms with Gasteiger partial charge in [0.2, 0.25) is 0 Å². The van der Waals surface area contributed by atoms with Crippen LogP contribution >= 0.6 is 0 Å². The molecule has 3 aromatic carbocycles. The summed E-state index contributed by atoms with van der Waals surface area (Å²) in [5, 5.41) is 0. The van der Waals surface area contributed by atoms with Crippen molar-refractivity contribution in [1.82, 2.24) is 10.9 Å². The van der Waals surface area contributed by atoms with Crippen LogP contribution in [-0.2, 0) is 11.4 Å². The third kappa shape index (κ3) is 6.09. The standard InChI is InChI=1S/C25H26N2O4/c1-3-21(31-22-15-9-7-11-18(22)2)25(29)27-26-24(28)20-14-8-10-16-23(20)30-17-19-12-5-4-6-13-19/h4-16,21H,3,17H2,1-2H3,(H,26,28)(H,27,29)/t21-/m1/s1. The summed E-state index contributed by atoms with van der Waals surface area (Å²) in [6.45, 7) is 4.09. The average Bonchev–Trinajstić information content (AvgIpc) is 2.81. The molecule has 0 aliphatic carbocycles. The molecule has 3 aromatic rings. The average molecular weight is 418 g/mol. The van der Waals surface area contributed by atoms with Crippen LogP contribution in [0.5, 0.6) is 11.5 Å². The molecule has 6 heteroatoms. The fourth-order valence-corrected chi connectivity index (χ4v) is 2.95. The number of hydrogen-bond donors (Lipinski definition) is 2. The minimum atomic E-state index is -0.731. The molecule has 0 aromatic heterocycles. The summed E-state index contributed by atoms with van der Waals surface area (Å²) in [6.07, 6.45) is -0.279. The van der Waals surface area contributed by atoms with Gasteiger partial charge in [0.15, 0.2) is 6.10 Å². The first-order chi connectivity index (χ1) is 15.1. The van der Waals surface area contributed by atoms with Crippen LogP contribution in [-0.4, -0.2) is 17.9 Å². The molecule has 0 heterocycles. The number of amides is 2. The number of carbonyl (C=O) groups is 2. The zero-order valence-electron chi connectivity index (χ0n) is 17.6. The first-order valence-electron chi connectivity index (χ1n) is 10.2. The van der Waals surface area contributed by atoms with E-state index in [9.17, 15) is 9.59 Å². The molecule has 31 heavy (non-hydrogen) atoms. The van der Waals surface area contributed by atoms with Crippen molar-refractivity contribution in [3.63, 3.8) is 0 Å². The molecule has 0 aliphatic heterocycles. The molecule has 0 radical (unpaired) electrons. The van der Waals surface area contributed by atoms with E-state index in [0.29, 0.717) is 30.1 Å². The lowest BCUT2D eigenvalue weighted by Crippen LogP contribution is -2.48. The molecule has 2 amide bonds. The van der Waals surface area contributed by atoms with Crippen LogP contribution in [0.15, 0.2) is 78.9 Å². The number of ether oxygens (including phenoxy) is 2. The Kier molecular flexibility index (Phi) is 7.65. The van der Waals surface area contributed by atoms with Crippen LogP contribution in [0.1, 0.15) is 34.8 Å². The second-order valence-corrected chi connectivity index (χ2v) is 6.99. The van der Waals surface area contributed by atoms with Gasteiger partial charge < -0.3 is 9.47 Å². The zero-order valence-corrected chi connectivity index (χ0v) is 17.6. The fraction of sp³-hybridized carbons (Fsp3) is 0.200. The van der Waals surface area contributed by atoms with E-state index in [1.165, 1.54) is 0 Å². The van der Waals surface area contributed by atoms with E-state index in [2.05, 4.69) is 10.9 Å². The smallest absolute Gasteiger partial charge is 0.279 e. The Balaban J connectivity index is 1.59. The Morgan fingerprint density at radius 2 is 1.48 bits per heavy atom. The van der Waals surface area contributed by atoms with E-state index in [4.69, 9.17) is 9.47 Å². The molecular weight excluding hydrogens is 392 g/mol. The van der Waals surface area contributed by atoms with Crippen molar-refractivity contribution in [1.29, 1.82) is 0 Å². The number of benzene rings is 3. The molecule has 0 saturated heterocycles. The third-order valence-electron chi connectivity index (χ3n) is 4.69. The Morgan fingerprint density at radius 3 is 2.19 bits per heavy atom. The van der Waals surface area contributed by atoms with Crippen molar-refractivity contribution in [3.05, 3.63) is 95.6 Å². The molecular formula is C25H26N2O4. The van der Waals surface area contributed by atoms with Crippen LogP contribution in [0, 0.1) is 6.92 Å². The fourth-order valence-electron chi connectivity index (χ4n) is 2.95. The SMILES string of the molecule is CC[C@@H](Oc1ccccc1C)C(=O)NNC(=O)c1ccccc1OCc1ccccc1. The molecule has 6 nitrogen and oxygen atoms in total. The van der Waals surface area contributed by atoms with Crippen molar-refractivity contribution in [2.24, 2.45) is 0 Å². The summed E-state index contributed by atoms with van der Waals surface area (Å²) < 4.78 is 11.6. The maximum absolute atomic E-state index is 12.7. The molecule has 0 spiro atoms. The topological polar surface area (TPSA) is 76.7 Å². The molecule has 2 N–H and O–H groups in total. The van der Waals surface area contributed by atoms with E-state index in [0.717, 1.165) is 11.1 Å². The Hall–Kier alpha value is -3.80. The van der Waals surface area contributed by atoms with Crippen molar-refractivity contribution in [2.45, 2.75) is 33.0 Å². The summed E-state index contributed by atoms with van der Waals surface area (Å²) in [6, 6.07) is 24.0. The van der Waals surface area contributed by atoms with Gasteiger partial charge in [0.05, 0.1) is 5.56 Å². The minimum absolute atomic E-state index is 0.326. The quantitative estimate of drug-likeness (QED) is 0.538.